The van der Waals surface area contributed by atoms with E-state index in [9.17, 15) is 0 Å². The SMILES string of the molecule is Cc1c(CC(C)N)sc2nccn12. The van der Waals surface area contributed by atoms with Gasteiger partial charge in [-0.2, -0.15) is 0 Å². The van der Waals surface area contributed by atoms with Gasteiger partial charge in [-0.25, -0.2) is 4.98 Å². The number of aromatic nitrogens is 2. The molecule has 4 heteroatoms. The number of fused-ring (bicyclic) bond motifs is 1. The summed E-state index contributed by atoms with van der Waals surface area (Å²) in [4.78, 5) is 6.66. The van der Waals surface area contributed by atoms with E-state index >= 15 is 0 Å². The molecule has 2 N–H and O–H groups in total. The summed E-state index contributed by atoms with van der Waals surface area (Å²) < 4.78 is 2.11. The van der Waals surface area contributed by atoms with E-state index < -0.39 is 0 Å². The van der Waals surface area contributed by atoms with Gasteiger partial charge in [-0.1, -0.05) is 0 Å². The van der Waals surface area contributed by atoms with Crippen molar-refractivity contribution in [1.82, 2.24) is 9.38 Å². The first-order chi connectivity index (χ1) is 6.18. The molecule has 0 saturated carbocycles. The quantitative estimate of drug-likeness (QED) is 0.791. The highest BCUT2D eigenvalue weighted by molar-refractivity contribution is 7.17. The number of rotatable bonds is 2. The van der Waals surface area contributed by atoms with E-state index in [1.165, 1.54) is 10.6 Å². The maximum atomic E-state index is 5.76. The minimum Gasteiger partial charge on any atom is -0.328 e. The van der Waals surface area contributed by atoms with E-state index in [-0.39, 0.29) is 6.04 Å². The number of thiazole rings is 1. The van der Waals surface area contributed by atoms with Crippen LogP contribution in [0.25, 0.3) is 4.96 Å². The zero-order chi connectivity index (χ0) is 9.42. The Morgan fingerprint density at radius 3 is 3.08 bits per heavy atom. The van der Waals surface area contributed by atoms with Crippen LogP contribution >= 0.6 is 11.3 Å². The number of hydrogen-bond acceptors (Lipinski definition) is 3. The molecule has 0 aliphatic heterocycles. The highest BCUT2D eigenvalue weighted by Gasteiger charge is 2.09. The zero-order valence-electron chi connectivity index (χ0n) is 7.82. The van der Waals surface area contributed by atoms with E-state index in [2.05, 4.69) is 16.3 Å². The van der Waals surface area contributed by atoms with Crippen molar-refractivity contribution in [3.8, 4) is 0 Å². The Balaban J connectivity index is 2.45. The van der Waals surface area contributed by atoms with Crippen LogP contribution < -0.4 is 5.73 Å². The molecule has 0 aliphatic carbocycles. The van der Waals surface area contributed by atoms with Crippen molar-refractivity contribution < 1.29 is 0 Å². The molecule has 2 aromatic heterocycles. The highest BCUT2D eigenvalue weighted by atomic mass is 32.1. The van der Waals surface area contributed by atoms with Gasteiger partial charge in [0.15, 0.2) is 4.96 Å². The third kappa shape index (κ3) is 1.47. The van der Waals surface area contributed by atoms with Gasteiger partial charge in [0, 0.05) is 29.0 Å². The van der Waals surface area contributed by atoms with Crippen LogP contribution in [0.3, 0.4) is 0 Å². The molecule has 13 heavy (non-hydrogen) atoms. The topological polar surface area (TPSA) is 43.3 Å². The van der Waals surface area contributed by atoms with Crippen molar-refractivity contribution in [2.75, 3.05) is 0 Å². The lowest BCUT2D eigenvalue weighted by Crippen LogP contribution is -2.17. The van der Waals surface area contributed by atoms with Crippen molar-refractivity contribution >= 4 is 16.3 Å². The summed E-state index contributed by atoms with van der Waals surface area (Å²) in [5.74, 6) is 0. The molecule has 0 radical (unpaired) electrons. The lowest BCUT2D eigenvalue weighted by Gasteiger charge is -2.02. The maximum Gasteiger partial charge on any atom is 0.194 e. The van der Waals surface area contributed by atoms with E-state index in [1.807, 2.05) is 19.3 Å². The summed E-state index contributed by atoms with van der Waals surface area (Å²) in [5.41, 5.74) is 7.03. The molecule has 70 valence electrons. The van der Waals surface area contributed by atoms with Gasteiger partial charge in [0.2, 0.25) is 0 Å². The fraction of sp³-hybridized carbons (Fsp3) is 0.444. The molecule has 0 saturated heterocycles. The first-order valence-corrected chi connectivity index (χ1v) is 5.17. The van der Waals surface area contributed by atoms with Crippen molar-refractivity contribution in [2.45, 2.75) is 26.3 Å². The summed E-state index contributed by atoms with van der Waals surface area (Å²) in [6, 6.07) is 0.224. The Morgan fingerprint density at radius 1 is 1.69 bits per heavy atom. The predicted octanol–water partition coefficient (Wildman–Crippen LogP) is 1.59. The van der Waals surface area contributed by atoms with Crippen LogP contribution in [-0.4, -0.2) is 15.4 Å². The average molecular weight is 195 g/mol. The van der Waals surface area contributed by atoms with E-state index in [1.54, 1.807) is 11.3 Å². The molecule has 2 heterocycles. The monoisotopic (exact) mass is 195 g/mol. The van der Waals surface area contributed by atoms with Crippen LogP contribution in [-0.2, 0) is 6.42 Å². The highest BCUT2D eigenvalue weighted by Crippen LogP contribution is 2.22. The Hall–Kier alpha value is -0.870. The van der Waals surface area contributed by atoms with Crippen molar-refractivity contribution in [1.29, 1.82) is 0 Å². The van der Waals surface area contributed by atoms with Crippen molar-refractivity contribution in [3.63, 3.8) is 0 Å². The lowest BCUT2D eigenvalue weighted by molar-refractivity contribution is 0.740. The summed E-state index contributed by atoms with van der Waals surface area (Å²) in [7, 11) is 0. The summed E-state index contributed by atoms with van der Waals surface area (Å²) in [6.45, 7) is 4.14. The second kappa shape index (κ2) is 3.12. The van der Waals surface area contributed by atoms with Crippen LogP contribution in [0.2, 0.25) is 0 Å². The van der Waals surface area contributed by atoms with E-state index in [0.717, 1.165) is 11.4 Å². The Kier molecular flexibility index (Phi) is 2.09. The first-order valence-electron chi connectivity index (χ1n) is 4.35. The minimum absolute atomic E-state index is 0.224. The predicted molar refractivity (Wildman–Crippen MR) is 55.2 cm³/mol. The van der Waals surface area contributed by atoms with Gasteiger partial charge < -0.3 is 5.73 Å². The Bertz CT molecular complexity index is 413. The van der Waals surface area contributed by atoms with Crippen LogP contribution in [0.4, 0.5) is 0 Å². The van der Waals surface area contributed by atoms with Gasteiger partial charge in [0.1, 0.15) is 0 Å². The number of nitrogens with two attached hydrogens (primary N) is 1. The largest absolute Gasteiger partial charge is 0.328 e. The molecule has 0 fully saturated rings. The molecule has 1 atom stereocenters. The smallest absolute Gasteiger partial charge is 0.194 e. The zero-order valence-corrected chi connectivity index (χ0v) is 8.64. The Labute approximate surface area is 81.2 Å². The molecule has 2 aromatic rings. The van der Waals surface area contributed by atoms with Gasteiger partial charge in [0.25, 0.3) is 0 Å². The molecule has 0 aromatic carbocycles. The third-order valence-corrected chi connectivity index (χ3v) is 3.29. The van der Waals surface area contributed by atoms with E-state index in [4.69, 9.17) is 5.73 Å². The van der Waals surface area contributed by atoms with Crippen LogP contribution in [0.15, 0.2) is 12.4 Å². The molecular formula is C9H13N3S. The van der Waals surface area contributed by atoms with Gasteiger partial charge in [-0.05, 0) is 20.3 Å². The summed E-state index contributed by atoms with van der Waals surface area (Å²) >= 11 is 1.73. The molecule has 0 amide bonds. The fourth-order valence-corrected chi connectivity index (χ4v) is 2.64. The average Bonchev–Trinajstić information content (AvgIpc) is 2.56. The molecule has 0 spiro atoms. The second-order valence-electron chi connectivity index (χ2n) is 3.37. The molecule has 1 unspecified atom stereocenters. The number of hydrogen-bond donors (Lipinski definition) is 1. The van der Waals surface area contributed by atoms with Gasteiger partial charge >= 0.3 is 0 Å². The minimum atomic E-state index is 0.224. The van der Waals surface area contributed by atoms with Crippen molar-refractivity contribution in [3.05, 3.63) is 23.0 Å². The Morgan fingerprint density at radius 2 is 2.46 bits per heavy atom. The fourth-order valence-electron chi connectivity index (χ4n) is 1.42. The third-order valence-electron chi connectivity index (χ3n) is 2.09. The lowest BCUT2D eigenvalue weighted by atomic mass is 10.2. The normalized spacial score (nSPS) is 13.8. The number of imidazole rings is 1. The van der Waals surface area contributed by atoms with E-state index in [0.29, 0.717) is 0 Å². The molecule has 3 nitrogen and oxygen atoms in total. The standard InChI is InChI=1S/C9H13N3S/c1-6(10)5-8-7(2)12-4-3-11-9(12)13-8/h3-4,6H,5,10H2,1-2H3. The number of nitrogens with zero attached hydrogens (tertiary/aromatic N) is 2. The maximum absolute atomic E-state index is 5.76. The first kappa shape index (κ1) is 8.72. The second-order valence-corrected chi connectivity index (χ2v) is 4.43. The van der Waals surface area contributed by atoms with Crippen molar-refractivity contribution in [2.24, 2.45) is 5.73 Å². The molecule has 0 aliphatic rings. The summed E-state index contributed by atoms with van der Waals surface area (Å²) in [5, 5.41) is 0. The number of aryl methyl sites for hydroxylation is 1. The summed E-state index contributed by atoms with van der Waals surface area (Å²) in [6.07, 6.45) is 4.76. The molecular weight excluding hydrogens is 182 g/mol. The van der Waals surface area contributed by atoms with Crippen LogP contribution in [0, 0.1) is 6.92 Å². The van der Waals surface area contributed by atoms with Gasteiger partial charge in [-0.15, -0.1) is 11.3 Å². The molecule has 2 rings (SSSR count). The van der Waals surface area contributed by atoms with Crippen LogP contribution in [0.5, 0.6) is 0 Å². The van der Waals surface area contributed by atoms with Gasteiger partial charge in [-0.3, -0.25) is 4.40 Å². The van der Waals surface area contributed by atoms with Gasteiger partial charge in [0.05, 0.1) is 0 Å². The molecule has 0 bridgehead atoms. The van der Waals surface area contributed by atoms with Crippen LogP contribution in [0.1, 0.15) is 17.5 Å².